The van der Waals surface area contributed by atoms with Crippen LogP contribution in [-0.2, 0) is 0 Å². The minimum atomic E-state index is 0.330. The zero-order valence-corrected chi connectivity index (χ0v) is 41.2. The zero-order valence-electron chi connectivity index (χ0n) is 41.2. The third-order valence-electron chi connectivity index (χ3n) is 15.0. The lowest BCUT2D eigenvalue weighted by atomic mass is 9.83. The number of nitriles is 2. The van der Waals surface area contributed by atoms with E-state index in [4.69, 9.17) is 13.1 Å². The topological polar surface area (TPSA) is 66.2 Å². The van der Waals surface area contributed by atoms with Crippen molar-refractivity contribution in [3.05, 3.63) is 250 Å². The number of benzene rings is 10. The van der Waals surface area contributed by atoms with Crippen LogP contribution >= 0.6 is 0 Å². The van der Waals surface area contributed by atoms with Crippen molar-refractivity contribution in [2.24, 2.45) is 0 Å². The maximum Gasteiger partial charge on any atom is 0.215 e. The predicted molar refractivity (Wildman–Crippen MR) is 303 cm³/mol. The van der Waals surface area contributed by atoms with Crippen molar-refractivity contribution in [1.29, 1.82) is 10.5 Å². The van der Waals surface area contributed by atoms with E-state index >= 15 is 0 Å². The van der Waals surface area contributed by atoms with E-state index in [-0.39, 0.29) is 0 Å². The van der Waals surface area contributed by atoms with Crippen LogP contribution in [0.4, 0.5) is 11.4 Å². The van der Waals surface area contributed by atoms with Crippen LogP contribution in [0.25, 0.3) is 120 Å². The molecule has 0 spiro atoms. The lowest BCUT2D eigenvalue weighted by molar-refractivity contribution is 1.14. The van der Waals surface area contributed by atoms with E-state index in [9.17, 15) is 10.5 Å². The Labute approximate surface area is 429 Å². The van der Waals surface area contributed by atoms with Gasteiger partial charge < -0.3 is 9.13 Å². The Balaban J connectivity index is 1.11. The van der Waals surface area contributed by atoms with Gasteiger partial charge in [0.2, 0.25) is 11.4 Å². The summed E-state index contributed by atoms with van der Waals surface area (Å²) >= 11 is 0. The van der Waals surface area contributed by atoms with Gasteiger partial charge in [-0.15, -0.1) is 0 Å². The molecule has 346 valence electrons. The molecular formula is C68H44N6. The Morgan fingerprint density at radius 3 is 0.824 bits per heavy atom. The Hall–Kier alpha value is -10.2. The average Bonchev–Trinajstić information content (AvgIpc) is 3.96. The molecule has 0 saturated carbocycles. The van der Waals surface area contributed by atoms with Crippen LogP contribution in [-0.4, -0.2) is 9.13 Å². The summed E-state index contributed by atoms with van der Waals surface area (Å²) < 4.78 is 4.18. The van der Waals surface area contributed by atoms with E-state index in [1.54, 1.807) is 0 Å². The minimum absolute atomic E-state index is 0.330. The summed E-state index contributed by atoms with van der Waals surface area (Å²) in [4.78, 5) is 8.57. The van der Waals surface area contributed by atoms with Crippen molar-refractivity contribution < 1.29 is 0 Å². The molecule has 0 amide bonds. The molecule has 12 rings (SSSR count). The Bertz CT molecular complexity index is 3910. The molecule has 10 aromatic carbocycles. The van der Waals surface area contributed by atoms with Gasteiger partial charge >= 0.3 is 0 Å². The first kappa shape index (κ1) is 44.9. The number of rotatable bonds is 7. The molecule has 0 N–H and O–H groups in total. The molecule has 2 heterocycles. The van der Waals surface area contributed by atoms with Crippen LogP contribution < -0.4 is 0 Å². The second-order valence-corrected chi connectivity index (χ2v) is 18.9. The first-order chi connectivity index (χ1) is 36.2. The molecule has 0 fully saturated rings. The van der Waals surface area contributed by atoms with Crippen LogP contribution in [0.1, 0.15) is 33.4 Å². The lowest BCUT2D eigenvalue weighted by Crippen LogP contribution is -2.08. The highest BCUT2D eigenvalue weighted by Gasteiger charge is 2.31. The van der Waals surface area contributed by atoms with E-state index < -0.39 is 0 Å². The molecule has 6 heteroatoms. The van der Waals surface area contributed by atoms with Gasteiger partial charge in [-0.25, -0.2) is 9.69 Å². The zero-order chi connectivity index (χ0) is 50.8. The Kier molecular flexibility index (Phi) is 10.8. The van der Waals surface area contributed by atoms with E-state index in [2.05, 4.69) is 152 Å². The third kappa shape index (κ3) is 6.90. The summed E-state index contributed by atoms with van der Waals surface area (Å²) in [6.45, 7) is 25.6. The summed E-state index contributed by atoms with van der Waals surface area (Å²) in [6.07, 6.45) is 0. The highest BCUT2D eigenvalue weighted by Crippen LogP contribution is 2.51. The van der Waals surface area contributed by atoms with Gasteiger partial charge in [0, 0.05) is 21.5 Å². The van der Waals surface area contributed by atoms with Crippen molar-refractivity contribution in [2.45, 2.75) is 27.7 Å². The molecule has 2 aromatic heterocycles. The SMILES string of the molecule is [C-]#[N+]c1c(C)c(-c2c(C)c(C#N)c(-n3c4ccc(-c5ccccc5)cc4c4cc(-c5ccccc5)ccc43)c([N+]#[C-])c2C)c(C)c(C#N)c1-n1c2ccc(-c3ccccc3)cc2c2cc(-c3ccccc3)ccc21. The fourth-order valence-corrected chi connectivity index (χ4v) is 11.5. The molecule has 0 bridgehead atoms. The Morgan fingerprint density at radius 2 is 0.595 bits per heavy atom. The smallest absolute Gasteiger partial charge is 0.215 e. The van der Waals surface area contributed by atoms with Crippen LogP contribution in [0.15, 0.2) is 194 Å². The van der Waals surface area contributed by atoms with Gasteiger partial charge in [0.25, 0.3) is 0 Å². The summed E-state index contributed by atoms with van der Waals surface area (Å²) in [6, 6.07) is 72.0. The van der Waals surface area contributed by atoms with Crippen molar-refractivity contribution in [3.63, 3.8) is 0 Å². The molecule has 0 aliphatic carbocycles. The fourth-order valence-electron chi connectivity index (χ4n) is 11.5. The highest BCUT2D eigenvalue weighted by molar-refractivity contribution is 6.14. The second kappa shape index (κ2) is 17.9. The van der Waals surface area contributed by atoms with Crippen molar-refractivity contribution in [2.75, 3.05) is 0 Å². The number of aromatic nitrogens is 2. The van der Waals surface area contributed by atoms with Crippen molar-refractivity contribution >= 4 is 55.0 Å². The van der Waals surface area contributed by atoms with Gasteiger partial charge in [-0.3, -0.25) is 0 Å². The summed E-state index contributed by atoms with van der Waals surface area (Å²) in [7, 11) is 0. The van der Waals surface area contributed by atoms with E-state index in [0.29, 0.717) is 67.3 Å². The quantitative estimate of drug-likeness (QED) is 0.149. The molecule has 0 aliphatic rings. The van der Waals surface area contributed by atoms with Crippen LogP contribution in [0.5, 0.6) is 0 Å². The molecular weight excluding hydrogens is 901 g/mol. The van der Waals surface area contributed by atoms with E-state index in [1.807, 2.05) is 100 Å². The highest BCUT2D eigenvalue weighted by atomic mass is 15.0. The predicted octanol–water partition coefficient (Wildman–Crippen LogP) is 18.3. The molecule has 6 nitrogen and oxygen atoms in total. The van der Waals surface area contributed by atoms with Gasteiger partial charge in [0.05, 0.1) is 57.7 Å². The first-order valence-corrected chi connectivity index (χ1v) is 24.5. The number of nitrogens with zero attached hydrogens (tertiary/aromatic N) is 6. The maximum absolute atomic E-state index is 11.4. The monoisotopic (exact) mass is 944 g/mol. The first-order valence-electron chi connectivity index (χ1n) is 24.5. The molecule has 0 atom stereocenters. The van der Waals surface area contributed by atoms with Crippen molar-refractivity contribution in [1.82, 2.24) is 9.13 Å². The third-order valence-corrected chi connectivity index (χ3v) is 15.0. The van der Waals surface area contributed by atoms with Gasteiger partial charge in [-0.2, -0.15) is 10.5 Å². The molecule has 0 aliphatic heterocycles. The van der Waals surface area contributed by atoms with Crippen LogP contribution in [0, 0.1) is 63.5 Å². The average molecular weight is 945 g/mol. The number of hydrogen-bond acceptors (Lipinski definition) is 2. The Morgan fingerprint density at radius 1 is 0.338 bits per heavy atom. The largest absolute Gasteiger partial charge is 0.318 e. The molecule has 12 aromatic rings. The normalized spacial score (nSPS) is 11.2. The van der Waals surface area contributed by atoms with Gasteiger partial charge in [0.1, 0.15) is 12.1 Å². The number of fused-ring (bicyclic) bond motifs is 6. The molecule has 0 radical (unpaired) electrons. The van der Waals surface area contributed by atoms with Crippen molar-refractivity contribution in [3.8, 4) is 79.1 Å². The maximum atomic E-state index is 11.4. The van der Waals surface area contributed by atoms with Gasteiger partial charge in [0.15, 0.2) is 0 Å². The molecule has 74 heavy (non-hydrogen) atoms. The second-order valence-electron chi connectivity index (χ2n) is 18.9. The fraction of sp³-hybridized carbons (Fsp3) is 0.0588. The number of hydrogen-bond donors (Lipinski definition) is 0. The van der Waals surface area contributed by atoms with E-state index in [1.165, 1.54) is 0 Å². The summed E-state index contributed by atoms with van der Waals surface area (Å²) in [5, 5.41) is 26.9. The van der Waals surface area contributed by atoms with Gasteiger partial charge in [-0.1, -0.05) is 146 Å². The summed E-state index contributed by atoms with van der Waals surface area (Å²) in [5.74, 6) is 0. The lowest BCUT2D eigenvalue weighted by Gasteiger charge is -2.25. The van der Waals surface area contributed by atoms with E-state index in [0.717, 1.165) is 88.1 Å². The van der Waals surface area contributed by atoms with Crippen LogP contribution in [0.3, 0.4) is 0 Å². The standard InChI is InChI=1S/C68H44N6/c1-41-57(39-69)67(73-59-31-27-49(45-19-11-7-12-20-45)35-53(59)54-36-50(28-32-60(54)73)46-21-13-8-14-22-46)65(71-5)43(3)63(41)64-42(2)58(40-70)68(66(72-6)44(64)4)74-61-33-29-51(47-23-15-9-16-24-47)37-55(61)56-38-52(30-34-62(56)74)48-25-17-10-18-26-48/h7-38H,1-4H3. The molecule has 0 saturated heterocycles. The molecule has 0 unspecified atom stereocenters. The van der Waals surface area contributed by atoms with Gasteiger partial charge in [-0.05, 0) is 154 Å². The minimum Gasteiger partial charge on any atom is -0.318 e. The van der Waals surface area contributed by atoms with Crippen LogP contribution in [0.2, 0.25) is 0 Å². The summed E-state index contributed by atoms with van der Waals surface area (Å²) in [5.41, 5.74) is 18.5.